The van der Waals surface area contributed by atoms with Gasteiger partial charge in [0.1, 0.15) is 5.82 Å². The smallest absolute Gasteiger partial charge is 0.227 e. The van der Waals surface area contributed by atoms with Crippen LogP contribution in [0.2, 0.25) is 0 Å². The second kappa shape index (κ2) is 7.00. The minimum absolute atomic E-state index is 0.0754. The van der Waals surface area contributed by atoms with Crippen molar-refractivity contribution in [2.75, 3.05) is 43.4 Å². The summed E-state index contributed by atoms with van der Waals surface area (Å²) in [5, 5.41) is 3.52. The highest BCUT2D eigenvalue weighted by atomic mass is 15.3. The summed E-state index contributed by atoms with van der Waals surface area (Å²) in [6.45, 7) is 12.8. The largest absolute Gasteiger partial charge is 0.340 e. The molecule has 134 valence electrons. The fourth-order valence-corrected chi connectivity index (χ4v) is 3.15. The van der Waals surface area contributed by atoms with Crippen LogP contribution in [0.15, 0.2) is 30.3 Å². The van der Waals surface area contributed by atoms with Crippen molar-refractivity contribution in [3.05, 3.63) is 41.6 Å². The van der Waals surface area contributed by atoms with Gasteiger partial charge in [0.2, 0.25) is 5.95 Å². The number of aromatic nitrogens is 2. The van der Waals surface area contributed by atoms with Crippen LogP contribution in [0.5, 0.6) is 0 Å². The van der Waals surface area contributed by atoms with E-state index in [1.54, 1.807) is 0 Å². The zero-order valence-corrected chi connectivity index (χ0v) is 16.0. The molecule has 0 unspecified atom stereocenters. The summed E-state index contributed by atoms with van der Waals surface area (Å²) in [5.74, 6) is 1.68. The van der Waals surface area contributed by atoms with Crippen LogP contribution in [0.1, 0.15) is 32.0 Å². The van der Waals surface area contributed by atoms with E-state index in [2.05, 4.69) is 72.2 Å². The van der Waals surface area contributed by atoms with E-state index >= 15 is 0 Å². The highest BCUT2D eigenvalue weighted by Gasteiger charge is 2.19. The van der Waals surface area contributed by atoms with E-state index in [1.165, 1.54) is 5.56 Å². The molecule has 0 aliphatic carbocycles. The lowest BCUT2D eigenvalue weighted by molar-refractivity contribution is 0.311. The molecule has 0 amide bonds. The van der Waals surface area contributed by atoms with Gasteiger partial charge in [0, 0.05) is 43.6 Å². The molecule has 25 heavy (non-hydrogen) atoms. The van der Waals surface area contributed by atoms with Crippen LogP contribution in [0, 0.1) is 6.92 Å². The summed E-state index contributed by atoms with van der Waals surface area (Å²) in [5.41, 5.74) is 3.45. The van der Waals surface area contributed by atoms with Gasteiger partial charge < -0.3 is 15.1 Å². The molecule has 3 rings (SSSR count). The topological polar surface area (TPSA) is 44.3 Å². The van der Waals surface area contributed by atoms with Crippen LogP contribution >= 0.6 is 0 Å². The number of likely N-dealkylation sites (N-methyl/N-ethyl adjacent to an activating group) is 1. The molecule has 1 saturated heterocycles. The predicted molar refractivity (Wildman–Crippen MR) is 105 cm³/mol. The molecule has 2 heterocycles. The number of piperazine rings is 1. The Hall–Kier alpha value is -2.14. The number of benzene rings is 1. The number of aryl methyl sites for hydroxylation is 1. The van der Waals surface area contributed by atoms with Gasteiger partial charge in [-0.15, -0.1) is 0 Å². The third-order valence-corrected chi connectivity index (χ3v) is 4.63. The lowest BCUT2D eigenvalue weighted by atomic mass is 9.86. The molecule has 0 spiro atoms. The summed E-state index contributed by atoms with van der Waals surface area (Å²) >= 11 is 0. The zero-order valence-electron chi connectivity index (χ0n) is 16.0. The van der Waals surface area contributed by atoms with E-state index in [-0.39, 0.29) is 5.41 Å². The number of anilines is 3. The molecule has 5 nitrogen and oxygen atoms in total. The first-order valence-electron chi connectivity index (χ1n) is 8.98. The van der Waals surface area contributed by atoms with Gasteiger partial charge in [-0.25, -0.2) is 4.98 Å². The van der Waals surface area contributed by atoms with Crippen molar-refractivity contribution in [2.24, 2.45) is 0 Å². The summed E-state index contributed by atoms with van der Waals surface area (Å²) in [6.07, 6.45) is 0. The molecule has 0 atom stereocenters. The Bertz CT molecular complexity index is 727. The minimum atomic E-state index is 0.0754. The molecular formula is C20H29N5. The molecule has 2 aromatic rings. The number of hydrogen-bond donors (Lipinski definition) is 1. The van der Waals surface area contributed by atoms with E-state index in [4.69, 9.17) is 4.98 Å². The molecule has 1 aliphatic rings. The molecule has 1 aliphatic heterocycles. The van der Waals surface area contributed by atoms with E-state index in [0.29, 0.717) is 0 Å². The standard InChI is InChI=1S/C20H29N5/c1-15-14-18(22-17-9-7-6-8-16(17)20(2,3)4)23-19(21-15)25-12-10-24(5)11-13-25/h6-9,14H,10-13H2,1-5H3,(H,21,22,23). The van der Waals surface area contributed by atoms with Gasteiger partial charge in [0.25, 0.3) is 0 Å². The van der Waals surface area contributed by atoms with Crippen molar-refractivity contribution in [1.82, 2.24) is 14.9 Å². The first kappa shape index (κ1) is 17.7. The summed E-state index contributed by atoms with van der Waals surface area (Å²) in [7, 11) is 2.16. The zero-order chi connectivity index (χ0) is 18.0. The normalized spacial score (nSPS) is 16.1. The maximum absolute atomic E-state index is 4.79. The van der Waals surface area contributed by atoms with Gasteiger partial charge >= 0.3 is 0 Å². The van der Waals surface area contributed by atoms with Crippen LogP contribution in [0.3, 0.4) is 0 Å². The molecule has 1 N–H and O–H groups in total. The maximum Gasteiger partial charge on any atom is 0.227 e. The van der Waals surface area contributed by atoms with Crippen LogP contribution < -0.4 is 10.2 Å². The molecule has 0 radical (unpaired) electrons. The molecule has 0 bridgehead atoms. The van der Waals surface area contributed by atoms with Crippen molar-refractivity contribution in [3.8, 4) is 0 Å². The fraction of sp³-hybridized carbons (Fsp3) is 0.500. The Morgan fingerprint density at radius 3 is 2.36 bits per heavy atom. The maximum atomic E-state index is 4.79. The van der Waals surface area contributed by atoms with Crippen LogP contribution in [0.25, 0.3) is 0 Å². The lowest BCUT2D eigenvalue weighted by Gasteiger charge is -2.32. The van der Waals surface area contributed by atoms with Crippen LogP contribution in [-0.2, 0) is 5.41 Å². The highest BCUT2D eigenvalue weighted by Crippen LogP contribution is 2.31. The van der Waals surface area contributed by atoms with Gasteiger partial charge in [-0.05, 0) is 31.0 Å². The number of rotatable bonds is 3. The average Bonchev–Trinajstić information content (AvgIpc) is 2.54. The Morgan fingerprint density at radius 2 is 1.68 bits per heavy atom. The van der Waals surface area contributed by atoms with Gasteiger partial charge in [-0.1, -0.05) is 39.0 Å². The first-order valence-corrected chi connectivity index (χ1v) is 8.98. The molecule has 0 saturated carbocycles. The monoisotopic (exact) mass is 339 g/mol. The van der Waals surface area contributed by atoms with Crippen LogP contribution in [0.4, 0.5) is 17.5 Å². The van der Waals surface area contributed by atoms with Crippen LogP contribution in [-0.4, -0.2) is 48.1 Å². The average molecular weight is 339 g/mol. The second-order valence-corrected chi connectivity index (χ2v) is 7.91. The quantitative estimate of drug-likeness (QED) is 0.926. The predicted octanol–water partition coefficient (Wildman–Crippen LogP) is 3.58. The Kier molecular flexibility index (Phi) is 4.95. The van der Waals surface area contributed by atoms with E-state index in [1.807, 2.05) is 13.0 Å². The number of hydrogen-bond acceptors (Lipinski definition) is 5. The van der Waals surface area contributed by atoms with E-state index < -0.39 is 0 Å². The molecule has 5 heteroatoms. The SMILES string of the molecule is Cc1cc(Nc2ccccc2C(C)(C)C)nc(N2CCN(C)CC2)n1. The lowest BCUT2D eigenvalue weighted by Crippen LogP contribution is -2.45. The van der Waals surface area contributed by atoms with Crippen molar-refractivity contribution in [2.45, 2.75) is 33.1 Å². The molecular weight excluding hydrogens is 310 g/mol. The van der Waals surface area contributed by atoms with Crippen molar-refractivity contribution in [1.29, 1.82) is 0 Å². The van der Waals surface area contributed by atoms with Gasteiger partial charge in [0.05, 0.1) is 0 Å². The van der Waals surface area contributed by atoms with Gasteiger partial charge in [-0.3, -0.25) is 0 Å². The first-order chi connectivity index (χ1) is 11.8. The summed E-state index contributed by atoms with van der Waals surface area (Å²) < 4.78 is 0. The number of nitrogens with zero attached hydrogens (tertiary/aromatic N) is 4. The van der Waals surface area contributed by atoms with E-state index in [0.717, 1.165) is 49.3 Å². The number of nitrogens with one attached hydrogen (secondary N) is 1. The second-order valence-electron chi connectivity index (χ2n) is 7.91. The van der Waals surface area contributed by atoms with Crippen molar-refractivity contribution < 1.29 is 0 Å². The van der Waals surface area contributed by atoms with Crippen molar-refractivity contribution in [3.63, 3.8) is 0 Å². The Labute approximate surface area is 151 Å². The minimum Gasteiger partial charge on any atom is -0.340 e. The highest BCUT2D eigenvalue weighted by molar-refractivity contribution is 5.63. The summed E-state index contributed by atoms with van der Waals surface area (Å²) in [6, 6.07) is 10.5. The molecule has 1 fully saturated rings. The fourth-order valence-electron chi connectivity index (χ4n) is 3.15. The number of para-hydroxylation sites is 1. The van der Waals surface area contributed by atoms with Gasteiger partial charge in [-0.2, -0.15) is 4.98 Å². The Balaban J connectivity index is 1.87. The molecule has 1 aromatic heterocycles. The third kappa shape index (κ3) is 4.28. The van der Waals surface area contributed by atoms with Gasteiger partial charge in [0.15, 0.2) is 0 Å². The third-order valence-electron chi connectivity index (χ3n) is 4.63. The summed E-state index contributed by atoms with van der Waals surface area (Å²) in [4.78, 5) is 14.0. The Morgan fingerprint density at radius 1 is 1.00 bits per heavy atom. The molecule has 1 aromatic carbocycles. The van der Waals surface area contributed by atoms with Crippen molar-refractivity contribution >= 4 is 17.5 Å². The van der Waals surface area contributed by atoms with E-state index in [9.17, 15) is 0 Å².